The van der Waals surface area contributed by atoms with Gasteiger partial charge in [-0.2, -0.15) is 0 Å². The fraction of sp³-hybridized carbons (Fsp3) is 0.200. The Hall–Kier alpha value is -3.64. The summed E-state index contributed by atoms with van der Waals surface area (Å²) < 4.78 is 35.2. The van der Waals surface area contributed by atoms with E-state index in [1.807, 2.05) is 51.1 Å². The van der Waals surface area contributed by atoms with Crippen molar-refractivity contribution < 1.29 is 13.5 Å². The van der Waals surface area contributed by atoms with Gasteiger partial charge in [-0.1, -0.05) is 61.6 Å². The zero-order valence-electron chi connectivity index (χ0n) is 19.5. The first-order chi connectivity index (χ1) is 16.1. The van der Waals surface area contributed by atoms with E-state index in [2.05, 4.69) is 17.9 Å². The smallest absolute Gasteiger partial charge is 0.167 e. The van der Waals surface area contributed by atoms with Crippen LogP contribution in [-0.4, -0.2) is 7.11 Å². The quantitative estimate of drug-likeness (QED) is 0.330. The molecule has 0 fully saturated rings. The predicted octanol–water partition coefficient (Wildman–Crippen LogP) is 6.55. The molecule has 0 heterocycles. The van der Waals surface area contributed by atoms with Crippen LogP contribution in [0.25, 0.3) is 23.8 Å². The number of hydrogen-bond acceptors (Lipinski definition) is 1. The van der Waals surface area contributed by atoms with Crippen LogP contribution in [0.3, 0.4) is 0 Å². The number of hydrogen-bond donors (Lipinski definition) is 0. The van der Waals surface area contributed by atoms with Crippen LogP contribution in [0.5, 0.6) is 5.75 Å². The van der Waals surface area contributed by atoms with Gasteiger partial charge in [0.15, 0.2) is 11.7 Å². The number of methoxy groups -OCH3 is 1. The number of benzene rings is 3. The molecular formula is C30H28F2O. The second-order valence-corrected chi connectivity index (χ2v) is 7.45. The van der Waals surface area contributed by atoms with Gasteiger partial charge in [0, 0.05) is 22.3 Å². The summed E-state index contributed by atoms with van der Waals surface area (Å²) in [6.07, 6.45) is 5.65. The Morgan fingerprint density at radius 3 is 2.03 bits per heavy atom. The van der Waals surface area contributed by atoms with E-state index in [0.29, 0.717) is 11.0 Å². The van der Waals surface area contributed by atoms with Gasteiger partial charge in [-0.3, -0.25) is 0 Å². The molecule has 0 saturated heterocycles. The van der Waals surface area contributed by atoms with E-state index < -0.39 is 11.7 Å². The Labute approximate surface area is 194 Å². The Kier molecular flexibility index (Phi) is 8.22. The molecule has 0 spiro atoms. The van der Waals surface area contributed by atoms with Gasteiger partial charge >= 0.3 is 0 Å². The molecular weight excluding hydrogens is 414 g/mol. The highest BCUT2D eigenvalue weighted by molar-refractivity contribution is 5.84. The van der Waals surface area contributed by atoms with Gasteiger partial charge in [0.25, 0.3) is 0 Å². The molecule has 0 N–H and O–H groups in total. The maximum Gasteiger partial charge on any atom is 0.167 e. The van der Waals surface area contributed by atoms with Crippen LogP contribution in [0.4, 0.5) is 8.78 Å². The fourth-order valence-electron chi connectivity index (χ4n) is 3.59. The van der Waals surface area contributed by atoms with Crippen LogP contribution in [0.2, 0.25) is 0 Å². The molecule has 0 aliphatic heterocycles. The van der Waals surface area contributed by atoms with Crippen LogP contribution in [-0.2, 0) is 0 Å². The molecule has 0 atom stereocenters. The molecule has 33 heavy (non-hydrogen) atoms. The van der Waals surface area contributed by atoms with Crippen molar-refractivity contribution in [3.8, 4) is 17.6 Å². The molecule has 1 nitrogen and oxygen atoms in total. The van der Waals surface area contributed by atoms with E-state index in [9.17, 15) is 4.39 Å². The number of ether oxygens (including phenoxy) is 1. The van der Waals surface area contributed by atoms with Gasteiger partial charge in [-0.15, -0.1) is 0 Å². The molecule has 4 rings (SSSR count). The maximum absolute atomic E-state index is 15.2. The van der Waals surface area contributed by atoms with Crippen molar-refractivity contribution in [2.24, 2.45) is 0 Å². The Morgan fingerprint density at radius 2 is 1.39 bits per heavy atom. The normalized spacial score (nSPS) is 12.4. The molecule has 0 unspecified atom stereocenters. The predicted molar refractivity (Wildman–Crippen MR) is 134 cm³/mol. The van der Waals surface area contributed by atoms with Crippen molar-refractivity contribution in [3.63, 3.8) is 0 Å². The summed E-state index contributed by atoms with van der Waals surface area (Å²) in [5, 5.41) is 1.56. The summed E-state index contributed by atoms with van der Waals surface area (Å²) in [5.41, 5.74) is 3.33. The van der Waals surface area contributed by atoms with Crippen molar-refractivity contribution in [2.45, 2.75) is 33.6 Å². The van der Waals surface area contributed by atoms with Gasteiger partial charge in [0.05, 0.1) is 7.11 Å². The monoisotopic (exact) mass is 442 g/mol. The number of aryl methyl sites for hydroxylation is 1. The number of rotatable bonds is 3. The van der Waals surface area contributed by atoms with Crippen molar-refractivity contribution in [1.82, 2.24) is 0 Å². The molecule has 0 aromatic heterocycles. The van der Waals surface area contributed by atoms with Gasteiger partial charge in [0.2, 0.25) is 0 Å². The highest BCUT2D eigenvalue weighted by Crippen LogP contribution is 2.28. The largest absolute Gasteiger partial charge is 0.497 e. The minimum atomic E-state index is -0.887. The SMILES string of the molecule is CC.COc1ccc(/C(F)=C(\F)c2ccc(C#Cc3ccc(C)cc3)c3c2=CCCC=3)cc1. The summed E-state index contributed by atoms with van der Waals surface area (Å²) >= 11 is 0. The lowest BCUT2D eigenvalue weighted by Gasteiger charge is -2.09. The van der Waals surface area contributed by atoms with E-state index in [0.717, 1.165) is 29.2 Å². The molecule has 1 aliphatic rings. The molecule has 0 saturated carbocycles. The molecule has 168 valence electrons. The van der Waals surface area contributed by atoms with Crippen LogP contribution in [0.1, 0.15) is 54.5 Å². The van der Waals surface area contributed by atoms with E-state index in [-0.39, 0.29) is 11.1 Å². The molecule has 3 aromatic carbocycles. The van der Waals surface area contributed by atoms with E-state index in [1.165, 1.54) is 24.8 Å². The van der Waals surface area contributed by atoms with Gasteiger partial charge in [-0.05, 0) is 72.7 Å². The highest BCUT2D eigenvalue weighted by Gasteiger charge is 2.15. The first-order valence-electron chi connectivity index (χ1n) is 11.2. The average Bonchev–Trinajstić information content (AvgIpc) is 2.88. The van der Waals surface area contributed by atoms with Gasteiger partial charge < -0.3 is 4.74 Å². The second-order valence-electron chi connectivity index (χ2n) is 7.45. The summed E-state index contributed by atoms with van der Waals surface area (Å²) in [6.45, 7) is 6.03. The maximum atomic E-state index is 15.2. The Balaban J connectivity index is 0.00000149. The molecule has 0 amide bonds. The van der Waals surface area contributed by atoms with Crippen molar-refractivity contribution in [3.05, 3.63) is 98.9 Å². The lowest BCUT2D eigenvalue weighted by atomic mass is 9.97. The van der Waals surface area contributed by atoms with Crippen molar-refractivity contribution in [2.75, 3.05) is 7.11 Å². The number of fused-ring (bicyclic) bond motifs is 1. The van der Waals surface area contributed by atoms with Gasteiger partial charge in [-0.25, -0.2) is 8.78 Å². The first-order valence-corrected chi connectivity index (χ1v) is 11.2. The van der Waals surface area contributed by atoms with Crippen molar-refractivity contribution in [1.29, 1.82) is 0 Å². The molecule has 3 heteroatoms. The van der Waals surface area contributed by atoms with E-state index in [4.69, 9.17) is 4.74 Å². The first kappa shape index (κ1) is 24.0. The molecule has 0 radical (unpaired) electrons. The Bertz CT molecular complexity index is 1320. The topological polar surface area (TPSA) is 9.23 Å². The van der Waals surface area contributed by atoms with E-state index >= 15 is 4.39 Å². The summed E-state index contributed by atoms with van der Waals surface area (Å²) in [5.74, 6) is 5.21. The summed E-state index contributed by atoms with van der Waals surface area (Å²) in [6, 6.07) is 17.6. The number of halogens is 2. The van der Waals surface area contributed by atoms with Crippen LogP contribution in [0, 0.1) is 18.8 Å². The minimum Gasteiger partial charge on any atom is -0.497 e. The minimum absolute atomic E-state index is 0.176. The lowest BCUT2D eigenvalue weighted by molar-refractivity contribution is 0.414. The third-order valence-corrected chi connectivity index (χ3v) is 5.32. The highest BCUT2D eigenvalue weighted by atomic mass is 19.2. The fourth-order valence-corrected chi connectivity index (χ4v) is 3.59. The zero-order chi connectivity index (χ0) is 23.8. The zero-order valence-corrected chi connectivity index (χ0v) is 19.5. The third kappa shape index (κ3) is 5.59. The third-order valence-electron chi connectivity index (χ3n) is 5.32. The summed E-state index contributed by atoms with van der Waals surface area (Å²) in [4.78, 5) is 0. The molecule has 0 bridgehead atoms. The van der Waals surface area contributed by atoms with Crippen molar-refractivity contribution >= 4 is 23.8 Å². The molecule has 3 aromatic rings. The Morgan fingerprint density at radius 1 is 0.758 bits per heavy atom. The summed E-state index contributed by atoms with van der Waals surface area (Å²) in [7, 11) is 1.53. The second kappa shape index (κ2) is 11.3. The lowest BCUT2D eigenvalue weighted by Crippen LogP contribution is -2.32. The van der Waals surface area contributed by atoms with E-state index in [1.54, 1.807) is 24.3 Å². The van der Waals surface area contributed by atoms with Crippen LogP contribution < -0.4 is 15.2 Å². The van der Waals surface area contributed by atoms with Gasteiger partial charge in [0.1, 0.15) is 5.75 Å². The average molecular weight is 443 g/mol. The molecule has 1 aliphatic carbocycles. The van der Waals surface area contributed by atoms with Crippen LogP contribution >= 0.6 is 0 Å². The van der Waals surface area contributed by atoms with Crippen LogP contribution in [0.15, 0.2) is 60.7 Å². The standard InChI is InChI=1S/C28H22F2O.C2H6/c1-19-7-9-20(10-8-19)11-12-21-15-18-26(25-6-4-3-5-24(21)25)28(30)27(29)22-13-16-23(31-2)17-14-22;1-2/h5-10,13-18H,3-4H2,1-2H3;1-2H3/b28-27+;.